The molecule has 0 fully saturated rings. The molecule has 0 saturated heterocycles. The van der Waals surface area contributed by atoms with E-state index in [-0.39, 0.29) is 0 Å². The Morgan fingerprint density at radius 1 is 0.366 bits per heavy atom. The number of hydrogen-bond acceptors (Lipinski definition) is 0. The standard InChI is InChI=1S/C38H23N3/c1-3-11-25(12-4-1)40-29-17-9-7-15-27(29)34-32(40)20-19-31-36(34)37-35-28-16-8-10-18-30(28)41(26-13-5-2-6-14-26)33(35)23-24-21-22-39(31)38(24)37/h1-23H. The van der Waals surface area contributed by atoms with Gasteiger partial charge < -0.3 is 13.5 Å². The van der Waals surface area contributed by atoms with Crippen molar-refractivity contribution in [2.24, 2.45) is 0 Å². The summed E-state index contributed by atoms with van der Waals surface area (Å²) in [5.41, 5.74) is 9.86. The molecule has 0 aliphatic heterocycles. The molecule has 41 heavy (non-hydrogen) atoms. The van der Waals surface area contributed by atoms with Crippen LogP contribution in [0.1, 0.15) is 0 Å². The number of benzene rings is 6. The molecule has 3 heteroatoms. The summed E-state index contributed by atoms with van der Waals surface area (Å²) in [4.78, 5) is 0. The predicted molar refractivity (Wildman–Crippen MR) is 172 cm³/mol. The SMILES string of the molecule is c1ccc(-n2c3ccccc3c3c4c5c6c7ccccc7n(-c7ccccc7)c6cc6ccn(c4ccc32)c65)cc1. The Morgan fingerprint density at radius 3 is 1.56 bits per heavy atom. The average Bonchev–Trinajstić information content (AvgIpc) is 3.77. The van der Waals surface area contributed by atoms with Crippen LogP contribution >= 0.6 is 0 Å². The van der Waals surface area contributed by atoms with Crippen LogP contribution in [-0.4, -0.2) is 13.5 Å². The van der Waals surface area contributed by atoms with Crippen LogP contribution in [0.25, 0.3) is 82.2 Å². The lowest BCUT2D eigenvalue weighted by Crippen LogP contribution is -1.93. The molecule has 4 heterocycles. The van der Waals surface area contributed by atoms with Gasteiger partial charge in [-0.25, -0.2) is 0 Å². The van der Waals surface area contributed by atoms with E-state index in [1.54, 1.807) is 0 Å². The highest BCUT2D eigenvalue weighted by Gasteiger charge is 2.24. The zero-order valence-corrected chi connectivity index (χ0v) is 22.1. The first-order valence-corrected chi connectivity index (χ1v) is 14.1. The van der Waals surface area contributed by atoms with Crippen LogP contribution < -0.4 is 0 Å². The summed E-state index contributed by atoms with van der Waals surface area (Å²) in [5.74, 6) is 0. The van der Waals surface area contributed by atoms with Gasteiger partial charge >= 0.3 is 0 Å². The minimum atomic E-state index is 1.18. The van der Waals surface area contributed by atoms with Gasteiger partial charge in [-0.2, -0.15) is 0 Å². The lowest BCUT2D eigenvalue weighted by Gasteiger charge is -2.08. The summed E-state index contributed by atoms with van der Waals surface area (Å²) in [5, 5.41) is 9.14. The highest BCUT2D eigenvalue weighted by Crippen LogP contribution is 2.47. The molecule has 10 aromatic rings. The molecule has 0 unspecified atom stereocenters. The van der Waals surface area contributed by atoms with Crippen LogP contribution in [-0.2, 0) is 0 Å². The van der Waals surface area contributed by atoms with E-state index >= 15 is 0 Å². The average molecular weight is 522 g/mol. The molecule has 0 aliphatic rings. The first-order valence-electron chi connectivity index (χ1n) is 14.1. The second-order valence-corrected chi connectivity index (χ2v) is 11.0. The molecule has 0 spiro atoms. The zero-order chi connectivity index (χ0) is 26.7. The minimum absolute atomic E-state index is 1.18. The molecule has 4 aromatic heterocycles. The van der Waals surface area contributed by atoms with Gasteiger partial charge in [0.05, 0.1) is 33.1 Å². The summed E-state index contributed by atoms with van der Waals surface area (Å²) < 4.78 is 7.26. The quantitative estimate of drug-likeness (QED) is 0.215. The maximum atomic E-state index is 2.43. The third kappa shape index (κ3) is 2.59. The minimum Gasteiger partial charge on any atom is -0.315 e. The van der Waals surface area contributed by atoms with Gasteiger partial charge in [-0.3, -0.25) is 0 Å². The summed E-state index contributed by atoms with van der Waals surface area (Å²) in [6.07, 6.45) is 2.25. The molecular formula is C38H23N3. The summed E-state index contributed by atoms with van der Waals surface area (Å²) in [7, 11) is 0. The van der Waals surface area contributed by atoms with Crippen molar-refractivity contribution in [2.45, 2.75) is 0 Å². The number of fused-ring (bicyclic) bond motifs is 11. The first kappa shape index (κ1) is 21.3. The highest BCUT2D eigenvalue weighted by molar-refractivity contribution is 6.38. The first-order chi connectivity index (χ1) is 20.4. The maximum Gasteiger partial charge on any atom is 0.0615 e. The molecular weight excluding hydrogens is 498 g/mol. The van der Waals surface area contributed by atoms with Crippen molar-refractivity contribution in [3.05, 3.63) is 140 Å². The Kier molecular flexibility index (Phi) is 3.93. The Bertz CT molecular complexity index is 2610. The fourth-order valence-electron chi connectivity index (χ4n) is 7.41. The van der Waals surface area contributed by atoms with Gasteiger partial charge in [0, 0.05) is 55.3 Å². The van der Waals surface area contributed by atoms with Crippen LogP contribution in [0.4, 0.5) is 0 Å². The molecule has 3 nitrogen and oxygen atoms in total. The van der Waals surface area contributed by atoms with E-state index in [4.69, 9.17) is 0 Å². The fraction of sp³-hybridized carbons (Fsp3) is 0. The van der Waals surface area contributed by atoms with E-state index in [1.165, 1.54) is 82.2 Å². The number of hydrogen-bond donors (Lipinski definition) is 0. The third-order valence-corrected chi connectivity index (χ3v) is 8.96. The van der Waals surface area contributed by atoms with Gasteiger partial charge in [-0.1, -0.05) is 72.8 Å². The van der Waals surface area contributed by atoms with Crippen LogP contribution in [0.15, 0.2) is 140 Å². The van der Waals surface area contributed by atoms with Gasteiger partial charge in [-0.05, 0) is 60.7 Å². The second-order valence-electron chi connectivity index (χ2n) is 11.0. The van der Waals surface area contributed by atoms with E-state index in [2.05, 4.69) is 153 Å². The molecule has 0 aliphatic carbocycles. The largest absolute Gasteiger partial charge is 0.315 e. The molecule has 0 amide bonds. The molecule has 0 radical (unpaired) electrons. The van der Waals surface area contributed by atoms with Crippen molar-refractivity contribution in [3.63, 3.8) is 0 Å². The van der Waals surface area contributed by atoms with E-state index in [9.17, 15) is 0 Å². The topological polar surface area (TPSA) is 14.3 Å². The number of nitrogens with zero attached hydrogens (tertiary/aromatic N) is 3. The number of aromatic nitrogens is 3. The molecule has 0 saturated carbocycles. The summed E-state index contributed by atoms with van der Waals surface area (Å²) in [6.45, 7) is 0. The Balaban J connectivity index is 1.51. The number of rotatable bonds is 2. The van der Waals surface area contributed by atoms with Crippen molar-refractivity contribution in [3.8, 4) is 11.4 Å². The smallest absolute Gasteiger partial charge is 0.0615 e. The zero-order valence-electron chi connectivity index (χ0n) is 22.1. The normalized spacial score (nSPS) is 12.4. The van der Waals surface area contributed by atoms with Crippen molar-refractivity contribution in [1.82, 2.24) is 13.5 Å². The van der Waals surface area contributed by atoms with Crippen LogP contribution in [0.3, 0.4) is 0 Å². The maximum absolute atomic E-state index is 2.43. The summed E-state index contributed by atoms with van der Waals surface area (Å²) >= 11 is 0. The molecule has 0 N–H and O–H groups in total. The molecule has 0 bridgehead atoms. The Morgan fingerprint density at radius 2 is 0.902 bits per heavy atom. The van der Waals surface area contributed by atoms with Gasteiger partial charge in [0.2, 0.25) is 0 Å². The second kappa shape index (κ2) is 7.56. The van der Waals surface area contributed by atoms with Crippen LogP contribution in [0.2, 0.25) is 0 Å². The van der Waals surface area contributed by atoms with Gasteiger partial charge in [0.1, 0.15) is 0 Å². The summed E-state index contributed by atoms with van der Waals surface area (Å²) in [6, 6.07) is 48.5. The third-order valence-electron chi connectivity index (χ3n) is 8.96. The van der Waals surface area contributed by atoms with Crippen molar-refractivity contribution >= 4 is 70.8 Å². The van der Waals surface area contributed by atoms with E-state index in [0.717, 1.165) is 0 Å². The van der Waals surface area contributed by atoms with Crippen molar-refractivity contribution in [2.75, 3.05) is 0 Å². The van der Waals surface area contributed by atoms with E-state index in [1.807, 2.05) is 0 Å². The van der Waals surface area contributed by atoms with Crippen LogP contribution in [0.5, 0.6) is 0 Å². The molecule has 10 rings (SSSR count). The van der Waals surface area contributed by atoms with Gasteiger partial charge in [0.25, 0.3) is 0 Å². The highest BCUT2D eigenvalue weighted by atomic mass is 15.0. The van der Waals surface area contributed by atoms with Crippen molar-refractivity contribution < 1.29 is 0 Å². The molecule has 0 atom stereocenters. The van der Waals surface area contributed by atoms with E-state index < -0.39 is 0 Å². The molecule has 6 aromatic carbocycles. The lowest BCUT2D eigenvalue weighted by molar-refractivity contribution is 1.18. The van der Waals surface area contributed by atoms with Crippen LogP contribution in [0, 0.1) is 0 Å². The van der Waals surface area contributed by atoms with Gasteiger partial charge in [-0.15, -0.1) is 0 Å². The predicted octanol–water partition coefficient (Wildman–Crippen LogP) is 9.88. The Labute approximate surface area is 235 Å². The number of para-hydroxylation sites is 4. The van der Waals surface area contributed by atoms with E-state index in [0.29, 0.717) is 0 Å². The van der Waals surface area contributed by atoms with Crippen molar-refractivity contribution in [1.29, 1.82) is 0 Å². The molecule has 190 valence electrons. The fourth-order valence-corrected chi connectivity index (χ4v) is 7.41. The Hall–Kier alpha value is -5.54. The monoisotopic (exact) mass is 521 g/mol. The lowest BCUT2D eigenvalue weighted by atomic mass is 10.00. The van der Waals surface area contributed by atoms with Gasteiger partial charge in [0.15, 0.2) is 0 Å².